The Labute approximate surface area is 185 Å². The Morgan fingerprint density at radius 1 is 0.781 bits per heavy atom. The van der Waals surface area contributed by atoms with Gasteiger partial charge in [-0.2, -0.15) is 0 Å². The van der Waals surface area contributed by atoms with Crippen LogP contribution in [0.5, 0.6) is 0 Å². The van der Waals surface area contributed by atoms with Crippen LogP contribution in [0.2, 0.25) is 0 Å². The molecular weight excluding hydrogens is 403 g/mol. The normalized spacial score (nSPS) is 13.6. The van der Waals surface area contributed by atoms with Gasteiger partial charge in [0.05, 0.1) is 35.6 Å². The van der Waals surface area contributed by atoms with E-state index in [2.05, 4.69) is 27.1 Å². The van der Waals surface area contributed by atoms with Gasteiger partial charge in [0.25, 0.3) is 0 Å². The number of H-pyrrole nitrogens is 2. The van der Waals surface area contributed by atoms with Crippen molar-refractivity contribution >= 4 is 46.4 Å². The van der Waals surface area contributed by atoms with E-state index < -0.39 is 0 Å². The maximum Gasteiger partial charge on any atom is 0.0895 e. The van der Waals surface area contributed by atoms with E-state index >= 15 is 0 Å². The van der Waals surface area contributed by atoms with Gasteiger partial charge in [-0.15, -0.1) is 0 Å². The first-order valence-electron chi connectivity index (χ1n) is 10.9. The number of halogens is 1. The quantitative estimate of drug-likeness (QED) is 0.304. The molecule has 5 nitrogen and oxygen atoms in total. The number of alkyl halides is 1. The molecule has 3 aromatic rings. The average molecular weight is 429 g/mol. The van der Waals surface area contributed by atoms with Crippen LogP contribution in [-0.2, 0) is 4.74 Å². The van der Waals surface area contributed by atoms with E-state index in [1.807, 2.05) is 61.6 Å². The van der Waals surface area contributed by atoms with Crippen LogP contribution in [0.15, 0.2) is 42.5 Å². The standard InChI is InChI=1S/C26H25FN4O/c1-17(32-11-3-2-10-27)25-15-24-14-22-7-6-20(29-22)12-18-4-5-19(28-18)13-21-8-9-23(30-21)16-26(25)31-24/h4-9,12-17,29,31H,2-3,10-11H2,1H3. The molecule has 0 aliphatic carbocycles. The summed E-state index contributed by atoms with van der Waals surface area (Å²) in [5.74, 6) is 0. The first-order chi connectivity index (χ1) is 15.7. The highest BCUT2D eigenvalue weighted by Gasteiger charge is 2.11. The summed E-state index contributed by atoms with van der Waals surface area (Å²) < 4.78 is 18.4. The van der Waals surface area contributed by atoms with E-state index in [1.54, 1.807) is 0 Å². The Balaban J connectivity index is 1.65. The Morgan fingerprint density at radius 3 is 2.16 bits per heavy atom. The predicted molar refractivity (Wildman–Crippen MR) is 128 cm³/mol. The van der Waals surface area contributed by atoms with Gasteiger partial charge in [0.1, 0.15) is 0 Å². The number of nitrogens with zero attached hydrogens (tertiary/aromatic N) is 2. The molecule has 0 aromatic carbocycles. The average Bonchev–Trinajstić information content (AvgIpc) is 3.56. The van der Waals surface area contributed by atoms with Crippen molar-refractivity contribution in [3.8, 4) is 0 Å². The first kappa shape index (κ1) is 20.4. The van der Waals surface area contributed by atoms with E-state index in [4.69, 9.17) is 9.72 Å². The van der Waals surface area contributed by atoms with Crippen LogP contribution in [-0.4, -0.2) is 33.2 Å². The third-order valence-corrected chi connectivity index (χ3v) is 5.53. The largest absolute Gasteiger partial charge is 0.374 e. The number of aromatic nitrogens is 4. The molecule has 0 saturated heterocycles. The fourth-order valence-electron chi connectivity index (χ4n) is 3.92. The summed E-state index contributed by atoms with van der Waals surface area (Å²) in [5, 5.41) is 0. The molecule has 0 fully saturated rings. The van der Waals surface area contributed by atoms with Crippen LogP contribution in [0.3, 0.4) is 0 Å². The van der Waals surface area contributed by atoms with Gasteiger partial charge < -0.3 is 14.7 Å². The topological polar surface area (TPSA) is 66.6 Å². The molecule has 1 atom stereocenters. The van der Waals surface area contributed by atoms with Crippen molar-refractivity contribution < 1.29 is 9.13 Å². The van der Waals surface area contributed by atoms with Crippen molar-refractivity contribution in [2.75, 3.05) is 13.3 Å². The monoisotopic (exact) mass is 428 g/mol. The predicted octanol–water partition coefficient (Wildman–Crippen LogP) is 6.48. The molecule has 5 heterocycles. The molecule has 0 amide bonds. The molecule has 2 aliphatic rings. The lowest BCUT2D eigenvalue weighted by Crippen LogP contribution is -2.01. The van der Waals surface area contributed by atoms with Crippen LogP contribution in [0.25, 0.3) is 46.4 Å². The number of fused-ring (bicyclic) bond motifs is 8. The number of nitrogens with one attached hydrogen (secondary N) is 2. The second kappa shape index (κ2) is 8.93. The number of hydrogen-bond donors (Lipinski definition) is 2. The van der Waals surface area contributed by atoms with E-state index in [9.17, 15) is 4.39 Å². The summed E-state index contributed by atoms with van der Waals surface area (Å²) in [6.07, 6.45) is 9.10. The van der Waals surface area contributed by atoms with Gasteiger partial charge in [-0.05, 0) is 86.5 Å². The number of unbranched alkanes of at least 4 members (excludes halogenated alkanes) is 1. The highest BCUT2D eigenvalue weighted by molar-refractivity contribution is 5.78. The molecule has 0 spiro atoms. The Hall–Kier alpha value is -3.51. The summed E-state index contributed by atoms with van der Waals surface area (Å²) >= 11 is 0. The second-order valence-corrected chi connectivity index (χ2v) is 8.04. The summed E-state index contributed by atoms with van der Waals surface area (Å²) in [4.78, 5) is 16.3. The van der Waals surface area contributed by atoms with E-state index in [-0.39, 0.29) is 12.8 Å². The molecule has 2 N–H and O–H groups in total. The zero-order valence-electron chi connectivity index (χ0n) is 17.9. The van der Waals surface area contributed by atoms with Crippen LogP contribution in [0.4, 0.5) is 4.39 Å². The van der Waals surface area contributed by atoms with Gasteiger partial charge in [-0.25, -0.2) is 9.97 Å². The van der Waals surface area contributed by atoms with Crippen LogP contribution < -0.4 is 0 Å². The Kier molecular flexibility index (Phi) is 5.69. The molecule has 32 heavy (non-hydrogen) atoms. The van der Waals surface area contributed by atoms with Gasteiger partial charge in [-0.3, -0.25) is 4.39 Å². The van der Waals surface area contributed by atoms with E-state index in [0.29, 0.717) is 19.4 Å². The molecule has 3 aromatic heterocycles. The van der Waals surface area contributed by atoms with Crippen molar-refractivity contribution in [1.82, 2.24) is 19.9 Å². The molecule has 0 radical (unpaired) electrons. The number of rotatable bonds is 6. The Morgan fingerprint density at radius 2 is 1.44 bits per heavy atom. The van der Waals surface area contributed by atoms with Gasteiger partial charge >= 0.3 is 0 Å². The van der Waals surface area contributed by atoms with E-state index in [1.165, 1.54) is 0 Å². The first-order valence-corrected chi connectivity index (χ1v) is 10.9. The van der Waals surface area contributed by atoms with Gasteiger partial charge in [0, 0.05) is 34.2 Å². The van der Waals surface area contributed by atoms with Crippen LogP contribution in [0.1, 0.15) is 54.2 Å². The minimum absolute atomic E-state index is 0.124. The maximum atomic E-state index is 12.4. The van der Waals surface area contributed by atoms with Crippen molar-refractivity contribution in [1.29, 1.82) is 0 Å². The summed E-state index contributed by atoms with van der Waals surface area (Å²) in [6, 6.07) is 14.3. The van der Waals surface area contributed by atoms with Crippen molar-refractivity contribution in [2.45, 2.75) is 25.9 Å². The third kappa shape index (κ3) is 4.55. The van der Waals surface area contributed by atoms with Crippen LogP contribution in [0, 0.1) is 0 Å². The highest BCUT2D eigenvalue weighted by atomic mass is 19.1. The Bertz CT molecular complexity index is 1350. The molecule has 8 bridgehead atoms. The van der Waals surface area contributed by atoms with Crippen molar-refractivity contribution in [3.63, 3.8) is 0 Å². The van der Waals surface area contributed by atoms with Gasteiger partial charge in [-0.1, -0.05) is 0 Å². The van der Waals surface area contributed by atoms with E-state index in [0.717, 1.165) is 50.4 Å². The molecule has 0 saturated carbocycles. The fraction of sp³-hybridized carbons (Fsp3) is 0.231. The summed E-state index contributed by atoms with van der Waals surface area (Å²) in [5.41, 5.74) is 8.47. The smallest absolute Gasteiger partial charge is 0.0895 e. The summed E-state index contributed by atoms with van der Waals surface area (Å²) in [6.45, 7) is 2.26. The second-order valence-electron chi connectivity index (χ2n) is 8.04. The molecule has 162 valence electrons. The molecule has 6 heteroatoms. The minimum atomic E-state index is -0.306. The number of ether oxygens (including phenoxy) is 1. The lowest BCUT2D eigenvalue weighted by atomic mass is 10.1. The zero-order chi connectivity index (χ0) is 21.9. The maximum absolute atomic E-state index is 12.4. The van der Waals surface area contributed by atoms with Gasteiger partial charge in [0.2, 0.25) is 0 Å². The van der Waals surface area contributed by atoms with Crippen molar-refractivity contribution in [3.05, 3.63) is 70.8 Å². The zero-order valence-corrected chi connectivity index (χ0v) is 17.9. The third-order valence-electron chi connectivity index (χ3n) is 5.53. The summed E-state index contributed by atoms with van der Waals surface area (Å²) in [7, 11) is 0. The molecule has 2 aliphatic heterocycles. The molecule has 5 rings (SSSR count). The van der Waals surface area contributed by atoms with Gasteiger partial charge in [0.15, 0.2) is 0 Å². The SMILES string of the molecule is CC(OCCCCF)c1cc2cc3ccc(cc4nc(cc5nc(cc1[nH]2)C=C5)C=C4)[nH]3. The number of aromatic amines is 2. The van der Waals surface area contributed by atoms with Crippen molar-refractivity contribution in [2.24, 2.45) is 0 Å². The molecular formula is C26H25FN4O. The highest BCUT2D eigenvalue weighted by Crippen LogP contribution is 2.26. The van der Waals surface area contributed by atoms with Crippen LogP contribution >= 0.6 is 0 Å². The number of hydrogen-bond acceptors (Lipinski definition) is 3. The lowest BCUT2D eigenvalue weighted by molar-refractivity contribution is 0.0632. The minimum Gasteiger partial charge on any atom is -0.374 e. The lowest BCUT2D eigenvalue weighted by Gasteiger charge is -2.11. The molecule has 1 unspecified atom stereocenters. The fourth-order valence-corrected chi connectivity index (χ4v) is 3.92.